The lowest BCUT2D eigenvalue weighted by Crippen LogP contribution is -2.10. The molecule has 0 bridgehead atoms. The van der Waals surface area contributed by atoms with Crippen molar-refractivity contribution in [3.8, 4) is 11.8 Å². The third-order valence-electron chi connectivity index (χ3n) is 2.29. The van der Waals surface area contributed by atoms with Gasteiger partial charge in [-0.3, -0.25) is 4.79 Å². The number of hydrogen-bond acceptors (Lipinski definition) is 1. The van der Waals surface area contributed by atoms with Crippen LogP contribution in [0.2, 0.25) is 0 Å². The fourth-order valence-corrected chi connectivity index (χ4v) is 1.90. The van der Waals surface area contributed by atoms with Crippen molar-refractivity contribution in [3.05, 3.63) is 63.5 Å². The predicted octanol–water partition coefficient (Wildman–Crippen LogP) is 3.42. The Kier molecular flexibility index (Phi) is 4.53. The van der Waals surface area contributed by atoms with Gasteiger partial charge in [0.25, 0.3) is 0 Å². The third-order valence-corrected chi connectivity index (χ3v) is 3.39. The van der Waals surface area contributed by atoms with Crippen LogP contribution in [0.4, 0.5) is 10.1 Å². The summed E-state index contributed by atoms with van der Waals surface area (Å²) in [6, 6.07) is 13.7. The smallest absolute Gasteiger partial charge is 0.300 e. The first kappa shape index (κ1) is 13.6. The Balaban J connectivity index is 2.11. The molecule has 0 unspecified atom stereocenters. The second-order valence-electron chi connectivity index (χ2n) is 3.67. The van der Waals surface area contributed by atoms with Crippen molar-refractivity contribution in [2.75, 3.05) is 5.32 Å². The van der Waals surface area contributed by atoms with Crippen LogP contribution >= 0.6 is 22.6 Å². The Labute approximate surface area is 124 Å². The standard InChI is InChI=1S/C15H9FINO/c16-12-7-4-8-13(15(12)17)18-14(19)10-9-11-5-2-1-3-6-11/h1-8H,(H,18,19). The van der Waals surface area contributed by atoms with Crippen LogP contribution in [0, 0.1) is 21.2 Å². The Morgan fingerprint density at radius 3 is 2.58 bits per heavy atom. The van der Waals surface area contributed by atoms with Crippen LogP contribution in [-0.2, 0) is 4.79 Å². The molecule has 2 aromatic rings. The van der Waals surface area contributed by atoms with Gasteiger partial charge in [0.2, 0.25) is 0 Å². The highest BCUT2D eigenvalue weighted by Gasteiger charge is 2.06. The lowest BCUT2D eigenvalue weighted by Gasteiger charge is -2.04. The summed E-state index contributed by atoms with van der Waals surface area (Å²) in [5, 5.41) is 2.56. The van der Waals surface area contributed by atoms with Gasteiger partial charge < -0.3 is 5.32 Å². The zero-order chi connectivity index (χ0) is 13.7. The van der Waals surface area contributed by atoms with E-state index in [2.05, 4.69) is 17.2 Å². The van der Waals surface area contributed by atoms with Gasteiger partial charge in [0.15, 0.2) is 0 Å². The number of hydrogen-bond donors (Lipinski definition) is 1. The summed E-state index contributed by atoms with van der Waals surface area (Å²) in [7, 11) is 0. The van der Waals surface area contributed by atoms with Crippen LogP contribution in [0.5, 0.6) is 0 Å². The maximum Gasteiger partial charge on any atom is 0.300 e. The molecule has 2 aromatic carbocycles. The average molecular weight is 365 g/mol. The molecule has 2 rings (SSSR count). The van der Waals surface area contributed by atoms with Crippen LogP contribution in [0.3, 0.4) is 0 Å². The molecule has 4 heteroatoms. The van der Waals surface area contributed by atoms with Crippen molar-refractivity contribution in [1.82, 2.24) is 0 Å². The van der Waals surface area contributed by atoms with Crippen LogP contribution in [0.25, 0.3) is 0 Å². The van der Waals surface area contributed by atoms with Crippen LogP contribution in [0.15, 0.2) is 48.5 Å². The van der Waals surface area contributed by atoms with E-state index < -0.39 is 5.91 Å². The monoisotopic (exact) mass is 365 g/mol. The number of carbonyl (C=O) groups excluding carboxylic acids is 1. The average Bonchev–Trinajstić information content (AvgIpc) is 2.43. The lowest BCUT2D eigenvalue weighted by atomic mass is 10.2. The van der Waals surface area contributed by atoms with Crippen molar-refractivity contribution in [3.63, 3.8) is 0 Å². The minimum atomic E-state index is -0.465. The van der Waals surface area contributed by atoms with Gasteiger partial charge in [-0.1, -0.05) is 30.2 Å². The molecule has 0 aliphatic rings. The van der Waals surface area contributed by atoms with Gasteiger partial charge >= 0.3 is 5.91 Å². The van der Waals surface area contributed by atoms with Gasteiger partial charge in [-0.2, -0.15) is 0 Å². The molecular formula is C15H9FINO. The summed E-state index contributed by atoms with van der Waals surface area (Å²) < 4.78 is 13.7. The van der Waals surface area contributed by atoms with E-state index in [1.54, 1.807) is 6.07 Å². The number of anilines is 1. The highest BCUT2D eigenvalue weighted by molar-refractivity contribution is 14.1. The van der Waals surface area contributed by atoms with Crippen LogP contribution in [0.1, 0.15) is 5.56 Å². The molecule has 0 aromatic heterocycles. The number of halogens is 2. The molecule has 0 aliphatic carbocycles. The van der Waals surface area contributed by atoms with Gasteiger partial charge in [-0.05, 0) is 46.9 Å². The molecule has 2 nitrogen and oxygen atoms in total. The summed E-state index contributed by atoms with van der Waals surface area (Å²) in [6.45, 7) is 0. The van der Waals surface area contributed by atoms with E-state index in [0.29, 0.717) is 9.26 Å². The van der Waals surface area contributed by atoms with Crippen molar-refractivity contribution in [1.29, 1.82) is 0 Å². The zero-order valence-corrected chi connectivity index (χ0v) is 11.9. The maximum atomic E-state index is 13.3. The Hall–Kier alpha value is -1.87. The second-order valence-corrected chi connectivity index (χ2v) is 4.75. The Morgan fingerprint density at radius 2 is 1.84 bits per heavy atom. The molecule has 1 amide bonds. The molecule has 0 radical (unpaired) electrons. The quantitative estimate of drug-likeness (QED) is 0.609. The molecule has 0 saturated heterocycles. The first-order valence-corrected chi connectivity index (χ1v) is 6.57. The second kappa shape index (κ2) is 6.34. The van der Waals surface area contributed by atoms with E-state index in [4.69, 9.17) is 0 Å². The van der Waals surface area contributed by atoms with Crippen molar-refractivity contribution in [2.45, 2.75) is 0 Å². The Morgan fingerprint density at radius 1 is 1.11 bits per heavy atom. The van der Waals surface area contributed by atoms with Crippen molar-refractivity contribution in [2.24, 2.45) is 0 Å². The van der Waals surface area contributed by atoms with E-state index >= 15 is 0 Å². The molecule has 0 saturated carbocycles. The molecular weight excluding hydrogens is 356 g/mol. The highest BCUT2D eigenvalue weighted by Crippen LogP contribution is 2.20. The number of carbonyl (C=O) groups is 1. The topological polar surface area (TPSA) is 29.1 Å². The number of benzene rings is 2. The highest BCUT2D eigenvalue weighted by atomic mass is 127. The van der Waals surface area contributed by atoms with E-state index in [1.807, 2.05) is 52.9 Å². The fraction of sp³-hybridized carbons (Fsp3) is 0. The lowest BCUT2D eigenvalue weighted by molar-refractivity contribution is -0.111. The van der Waals surface area contributed by atoms with Crippen LogP contribution in [-0.4, -0.2) is 5.91 Å². The minimum Gasteiger partial charge on any atom is -0.314 e. The first-order chi connectivity index (χ1) is 9.16. The van der Waals surface area contributed by atoms with Gasteiger partial charge in [-0.25, -0.2) is 4.39 Å². The van der Waals surface area contributed by atoms with E-state index in [0.717, 1.165) is 5.56 Å². The summed E-state index contributed by atoms with van der Waals surface area (Å²) in [5.74, 6) is 4.38. The maximum absolute atomic E-state index is 13.3. The normalized spacial score (nSPS) is 9.37. The fourth-order valence-electron chi connectivity index (χ4n) is 1.40. The summed E-state index contributed by atoms with van der Waals surface area (Å²) in [4.78, 5) is 11.6. The summed E-state index contributed by atoms with van der Waals surface area (Å²) >= 11 is 1.84. The van der Waals surface area contributed by atoms with Crippen molar-refractivity contribution >= 4 is 34.2 Å². The van der Waals surface area contributed by atoms with Gasteiger partial charge in [-0.15, -0.1) is 0 Å². The molecule has 0 heterocycles. The van der Waals surface area contributed by atoms with Gasteiger partial charge in [0.1, 0.15) is 5.82 Å². The molecule has 0 spiro atoms. The SMILES string of the molecule is O=C(C#Cc1ccccc1)Nc1cccc(F)c1I. The minimum absolute atomic E-state index is 0.366. The number of nitrogens with one attached hydrogen (secondary N) is 1. The largest absolute Gasteiger partial charge is 0.314 e. The van der Waals surface area contributed by atoms with Gasteiger partial charge in [0.05, 0.1) is 9.26 Å². The molecule has 0 atom stereocenters. The summed E-state index contributed by atoms with van der Waals surface area (Å²) in [5.41, 5.74) is 1.18. The molecule has 1 N–H and O–H groups in total. The third kappa shape index (κ3) is 3.80. The molecule has 0 aliphatic heterocycles. The van der Waals surface area contributed by atoms with E-state index in [-0.39, 0.29) is 5.82 Å². The number of amides is 1. The molecule has 0 fully saturated rings. The van der Waals surface area contributed by atoms with Gasteiger partial charge in [0, 0.05) is 11.5 Å². The van der Waals surface area contributed by atoms with E-state index in [9.17, 15) is 9.18 Å². The Bertz CT molecular complexity index is 659. The summed E-state index contributed by atoms with van der Waals surface area (Å²) in [6.07, 6.45) is 0. The predicted molar refractivity (Wildman–Crippen MR) is 81.1 cm³/mol. The molecule has 19 heavy (non-hydrogen) atoms. The van der Waals surface area contributed by atoms with E-state index in [1.165, 1.54) is 12.1 Å². The zero-order valence-electron chi connectivity index (χ0n) is 9.78. The molecule has 94 valence electrons. The first-order valence-electron chi connectivity index (χ1n) is 5.49. The van der Waals surface area contributed by atoms with Crippen molar-refractivity contribution < 1.29 is 9.18 Å². The van der Waals surface area contributed by atoms with Crippen LogP contribution < -0.4 is 5.32 Å². The number of rotatable bonds is 1.